The van der Waals surface area contributed by atoms with Gasteiger partial charge in [0.15, 0.2) is 0 Å². The molecule has 27 heavy (non-hydrogen) atoms. The van der Waals surface area contributed by atoms with Crippen LogP contribution >= 0.6 is 0 Å². The Kier molecular flexibility index (Phi) is 4.39. The predicted molar refractivity (Wildman–Crippen MR) is 103 cm³/mol. The zero-order valence-corrected chi connectivity index (χ0v) is 15.7. The SMILES string of the molecule is COc1ccc([C@H]2C[C@@H](c3ccc(C)cc3)N(C(C)=O)c3ncnn32)cc1. The zero-order chi connectivity index (χ0) is 19.0. The summed E-state index contributed by atoms with van der Waals surface area (Å²) in [4.78, 5) is 18.6. The van der Waals surface area contributed by atoms with Crippen LogP contribution in [0.1, 0.15) is 42.1 Å². The number of aryl methyl sites for hydroxylation is 1. The van der Waals surface area contributed by atoms with Crippen molar-refractivity contribution in [3.63, 3.8) is 0 Å². The van der Waals surface area contributed by atoms with E-state index in [-0.39, 0.29) is 18.0 Å². The number of amides is 1. The fourth-order valence-electron chi connectivity index (χ4n) is 3.73. The molecule has 1 aromatic heterocycles. The fourth-order valence-corrected chi connectivity index (χ4v) is 3.73. The number of carbonyl (C=O) groups is 1. The van der Waals surface area contributed by atoms with Crippen LogP contribution in [-0.4, -0.2) is 27.8 Å². The van der Waals surface area contributed by atoms with E-state index < -0.39 is 0 Å². The molecule has 0 N–H and O–H groups in total. The molecule has 138 valence electrons. The van der Waals surface area contributed by atoms with Gasteiger partial charge in [0.05, 0.1) is 19.2 Å². The van der Waals surface area contributed by atoms with E-state index in [1.807, 2.05) is 28.9 Å². The van der Waals surface area contributed by atoms with Crippen molar-refractivity contribution in [2.75, 3.05) is 12.0 Å². The highest BCUT2D eigenvalue weighted by atomic mass is 16.5. The minimum absolute atomic E-state index is 0.00434. The van der Waals surface area contributed by atoms with Gasteiger partial charge in [0, 0.05) is 6.92 Å². The molecule has 1 aliphatic heterocycles. The van der Waals surface area contributed by atoms with Gasteiger partial charge in [-0.15, -0.1) is 0 Å². The molecular formula is C21H22N4O2. The van der Waals surface area contributed by atoms with Gasteiger partial charge in [-0.25, -0.2) is 4.68 Å². The summed E-state index contributed by atoms with van der Waals surface area (Å²) in [6.45, 7) is 3.64. The highest BCUT2D eigenvalue weighted by Crippen LogP contribution is 2.41. The molecule has 1 amide bonds. The van der Waals surface area contributed by atoms with Crippen molar-refractivity contribution in [3.05, 3.63) is 71.5 Å². The third-order valence-corrected chi connectivity index (χ3v) is 5.12. The monoisotopic (exact) mass is 362 g/mol. The molecule has 2 heterocycles. The first-order valence-corrected chi connectivity index (χ1v) is 8.98. The van der Waals surface area contributed by atoms with Crippen LogP contribution in [0.5, 0.6) is 5.75 Å². The first-order valence-electron chi connectivity index (χ1n) is 8.98. The van der Waals surface area contributed by atoms with E-state index in [0.717, 1.165) is 23.3 Å². The van der Waals surface area contributed by atoms with Gasteiger partial charge in [-0.3, -0.25) is 9.69 Å². The van der Waals surface area contributed by atoms with Crippen LogP contribution in [0.3, 0.4) is 0 Å². The van der Waals surface area contributed by atoms with E-state index in [1.54, 1.807) is 18.9 Å². The van der Waals surface area contributed by atoms with Crippen molar-refractivity contribution in [3.8, 4) is 5.75 Å². The normalized spacial score (nSPS) is 18.9. The van der Waals surface area contributed by atoms with Crippen molar-refractivity contribution in [2.45, 2.75) is 32.4 Å². The van der Waals surface area contributed by atoms with Crippen LogP contribution in [-0.2, 0) is 4.79 Å². The third kappa shape index (κ3) is 3.07. The van der Waals surface area contributed by atoms with Gasteiger partial charge >= 0.3 is 0 Å². The van der Waals surface area contributed by atoms with Gasteiger partial charge < -0.3 is 4.74 Å². The summed E-state index contributed by atoms with van der Waals surface area (Å²) in [5.41, 5.74) is 3.41. The first kappa shape index (κ1) is 17.3. The number of anilines is 1. The average Bonchev–Trinajstić information content (AvgIpc) is 3.16. The predicted octanol–water partition coefficient (Wildman–Crippen LogP) is 3.68. The Balaban J connectivity index is 1.80. The van der Waals surface area contributed by atoms with Gasteiger partial charge in [-0.05, 0) is 36.6 Å². The molecule has 6 nitrogen and oxygen atoms in total. The minimum Gasteiger partial charge on any atom is -0.497 e. The third-order valence-electron chi connectivity index (χ3n) is 5.12. The summed E-state index contributed by atoms with van der Waals surface area (Å²) in [5.74, 6) is 1.36. The summed E-state index contributed by atoms with van der Waals surface area (Å²) in [6, 6.07) is 16.2. The van der Waals surface area contributed by atoms with Crippen LogP contribution in [0.15, 0.2) is 54.9 Å². The second-order valence-electron chi connectivity index (χ2n) is 6.84. The van der Waals surface area contributed by atoms with Crippen molar-refractivity contribution in [2.24, 2.45) is 0 Å². The van der Waals surface area contributed by atoms with Crippen molar-refractivity contribution in [1.29, 1.82) is 0 Å². The van der Waals surface area contributed by atoms with E-state index in [0.29, 0.717) is 5.95 Å². The van der Waals surface area contributed by atoms with Crippen LogP contribution in [0.25, 0.3) is 0 Å². The molecule has 0 bridgehead atoms. The van der Waals surface area contributed by atoms with Gasteiger partial charge in [-0.1, -0.05) is 42.0 Å². The lowest BCUT2D eigenvalue weighted by atomic mass is 9.91. The maximum atomic E-state index is 12.5. The topological polar surface area (TPSA) is 60.2 Å². The Morgan fingerprint density at radius 1 is 1.04 bits per heavy atom. The molecule has 0 radical (unpaired) electrons. The minimum atomic E-state index is -0.0908. The van der Waals surface area contributed by atoms with E-state index in [4.69, 9.17) is 4.74 Å². The second kappa shape index (κ2) is 6.87. The Hall–Kier alpha value is -3.15. The molecule has 0 fully saturated rings. The maximum Gasteiger partial charge on any atom is 0.231 e. The Labute approximate surface area is 158 Å². The van der Waals surface area contributed by atoms with Gasteiger partial charge in [0.2, 0.25) is 11.9 Å². The molecule has 4 rings (SSSR count). The largest absolute Gasteiger partial charge is 0.497 e. The Morgan fingerprint density at radius 2 is 1.67 bits per heavy atom. The van der Waals surface area contributed by atoms with Crippen LogP contribution in [0, 0.1) is 6.92 Å². The van der Waals surface area contributed by atoms with Crippen molar-refractivity contribution >= 4 is 11.9 Å². The molecule has 0 saturated heterocycles. The summed E-state index contributed by atoms with van der Waals surface area (Å²) >= 11 is 0. The molecule has 3 aromatic rings. The zero-order valence-electron chi connectivity index (χ0n) is 15.7. The fraction of sp³-hybridized carbons (Fsp3) is 0.286. The van der Waals surface area contributed by atoms with E-state index in [1.165, 1.54) is 11.9 Å². The molecule has 6 heteroatoms. The number of fused-ring (bicyclic) bond motifs is 1. The quantitative estimate of drug-likeness (QED) is 0.713. The number of methoxy groups -OCH3 is 1. The highest BCUT2D eigenvalue weighted by molar-refractivity contribution is 5.90. The van der Waals surface area contributed by atoms with E-state index in [2.05, 4.69) is 41.3 Å². The number of carbonyl (C=O) groups excluding carboxylic acids is 1. The molecule has 0 saturated carbocycles. The van der Waals surface area contributed by atoms with E-state index >= 15 is 0 Å². The van der Waals surface area contributed by atoms with Crippen LogP contribution in [0.2, 0.25) is 0 Å². The molecule has 2 aromatic carbocycles. The van der Waals surface area contributed by atoms with E-state index in [9.17, 15) is 4.79 Å². The summed E-state index contributed by atoms with van der Waals surface area (Å²) < 4.78 is 7.11. The number of hydrogen-bond acceptors (Lipinski definition) is 4. The molecule has 0 spiro atoms. The number of ether oxygens (including phenoxy) is 1. The highest BCUT2D eigenvalue weighted by Gasteiger charge is 2.38. The van der Waals surface area contributed by atoms with Crippen LogP contribution in [0.4, 0.5) is 5.95 Å². The molecule has 2 atom stereocenters. The maximum absolute atomic E-state index is 12.5. The standard InChI is InChI=1S/C21H22N4O2/c1-14-4-6-16(7-5-14)19-12-20(17-8-10-18(27-3)11-9-17)25-21(22-13-23-25)24(19)15(2)26/h4-11,13,19-20H,12H2,1-3H3/t19-,20+/m0/s1. The van der Waals surface area contributed by atoms with Crippen LogP contribution < -0.4 is 9.64 Å². The summed E-state index contributed by atoms with van der Waals surface area (Å²) in [5, 5.41) is 4.41. The molecular weight excluding hydrogens is 340 g/mol. The Morgan fingerprint density at radius 3 is 2.30 bits per heavy atom. The number of rotatable bonds is 3. The van der Waals surface area contributed by atoms with Gasteiger partial charge in [0.25, 0.3) is 0 Å². The average molecular weight is 362 g/mol. The van der Waals surface area contributed by atoms with Crippen molar-refractivity contribution in [1.82, 2.24) is 14.8 Å². The lowest BCUT2D eigenvalue weighted by molar-refractivity contribution is -0.117. The number of hydrogen-bond donors (Lipinski definition) is 0. The Bertz CT molecular complexity index is 947. The van der Waals surface area contributed by atoms with Crippen molar-refractivity contribution < 1.29 is 9.53 Å². The number of nitrogens with zero attached hydrogens (tertiary/aromatic N) is 4. The van der Waals surface area contributed by atoms with Gasteiger partial charge in [-0.2, -0.15) is 10.1 Å². The lowest BCUT2D eigenvalue weighted by Gasteiger charge is -2.38. The number of aromatic nitrogens is 3. The molecule has 0 unspecified atom stereocenters. The molecule has 1 aliphatic rings. The second-order valence-corrected chi connectivity index (χ2v) is 6.84. The van der Waals surface area contributed by atoms with Gasteiger partial charge in [0.1, 0.15) is 12.1 Å². The number of benzene rings is 2. The summed E-state index contributed by atoms with van der Waals surface area (Å²) in [7, 11) is 1.66. The smallest absolute Gasteiger partial charge is 0.231 e. The molecule has 0 aliphatic carbocycles. The summed E-state index contributed by atoms with van der Waals surface area (Å²) in [6.07, 6.45) is 2.24. The first-order chi connectivity index (χ1) is 13.1. The lowest BCUT2D eigenvalue weighted by Crippen LogP contribution is -2.41.